The number of hydrogen-bond donors (Lipinski definition) is 3. The van der Waals surface area contributed by atoms with E-state index in [-0.39, 0.29) is 56.8 Å². The largest absolute Gasteiger partial charge is 0.349 e. The first-order valence-electron chi connectivity index (χ1n) is 12.3. The second kappa shape index (κ2) is 11.1. The molecule has 2 aliphatic rings. The second-order valence-corrected chi connectivity index (χ2v) is 11.8. The molecule has 1 fully saturated rings. The lowest BCUT2D eigenvalue weighted by Gasteiger charge is -2.23. The lowest BCUT2D eigenvalue weighted by molar-refractivity contribution is -0.117. The molecule has 2 aromatic heterocycles. The lowest BCUT2D eigenvalue weighted by atomic mass is 10.1. The highest BCUT2D eigenvalue weighted by Gasteiger charge is 2.37. The fourth-order valence-electron chi connectivity index (χ4n) is 4.37. The van der Waals surface area contributed by atoms with Crippen molar-refractivity contribution in [1.82, 2.24) is 15.3 Å². The molecular formula is C26H24Cl2N6O5S. The summed E-state index contributed by atoms with van der Waals surface area (Å²) in [6.45, 7) is 1.94. The minimum atomic E-state index is -4.49. The Morgan fingerprint density at radius 3 is 2.58 bits per heavy atom. The minimum Gasteiger partial charge on any atom is -0.349 e. The van der Waals surface area contributed by atoms with Crippen molar-refractivity contribution in [3.63, 3.8) is 0 Å². The maximum absolute atomic E-state index is 13.7. The fourth-order valence-corrected chi connectivity index (χ4v) is 5.24. The third kappa shape index (κ3) is 6.09. The number of amides is 2. The van der Waals surface area contributed by atoms with E-state index < -0.39 is 22.1 Å². The van der Waals surface area contributed by atoms with Crippen LogP contribution in [0.25, 0.3) is 0 Å². The number of hydrogen-bond acceptors (Lipinski definition) is 8. The van der Waals surface area contributed by atoms with Crippen molar-refractivity contribution in [3.8, 4) is 0 Å². The maximum Gasteiger partial charge on any atom is 0.294 e. The van der Waals surface area contributed by atoms with Gasteiger partial charge < -0.3 is 10.6 Å². The van der Waals surface area contributed by atoms with Crippen LogP contribution < -0.4 is 15.6 Å². The van der Waals surface area contributed by atoms with Crippen LogP contribution >= 0.6 is 23.2 Å². The predicted molar refractivity (Wildman–Crippen MR) is 150 cm³/mol. The summed E-state index contributed by atoms with van der Waals surface area (Å²) in [7, 11) is -4.49. The zero-order chi connectivity index (χ0) is 28.6. The molecule has 3 N–H and O–H groups in total. The van der Waals surface area contributed by atoms with Gasteiger partial charge in [-0.2, -0.15) is 13.5 Å². The van der Waals surface area contributed by atoms with E-state index in [0.29, 0.717) is 10.9 Å². The monoisotopic (exact) mass is 602 g/mol. The Kier molecular flexibility index (Phi) is 7.78. The number of carbonyl (C=O) groups excluding carboxylic acids is 2. The molecule has 5 rings (SSSR count). The fraction of sp³-hybridized carbons (Fsp3) is 0.269. The highest BCUT2D eigenvalue weighted by atomic mass is 35.5. The van der Waals surface area contributed by atoms with Crippen molar-refractivity contribution in [2.24, 2.45) is 11.0 Å². The van der Waals surface area contributed by atoms with Gasteiger partial charge in [-0.1, -0.05) is 23.2 Å². The first-order valence-corrected chi connectivity index (χ1v) is 14.5. The number of nitrogens with one attached hydrogen (secondary N) is 2. The number of halogens is 2. The molecule has 0 radical (unpaired) electrons. The number of rotatable bonds is 8. The normalized spacial score (nSPS) is 17.8. The molecule has 1 aromatic carbocycles. The summed E-state index contributed by atoms with van der Waals surface area (Å²) in [5, 5.41) is 12.2. The van der Waals surface area contributed by atoms with Gasteiger partial charge in [0.25, 0.3) is 16.0 Å². The van der Waals surface area contributed by atoms with Gasteiger partial charge in [-0.25, -0.2) is 9.99 Å². The topological polar surface area (TPSA) is 154 Å². The van der Waals surface area contributed by atoms with Gasteiger partial charge >= 0.3 is 0 Å². The van der Waals surface area contributed by atoms with Gasteiger partial charge in [0.1, 0.15) is 6.04 Å². The molecule has 2 atom stereocenters. The van der Waals surface area contributed by atoms with Crippen molar-refractivity contribution in [3.05, 3.63) is 76.2 Å². The summed E-state index contributed by atoms with van der Waals surface area (Å²) < 4.78 is 32.8. The Morgan fingerprint density at radius 2 is 1.88 bits per heavy atom. The van der Waals surface area contributed by atoms with E-state index in [2.05, 4.69) is 25.7 Å². The lowest BCUT2D eigenvalue weighted by Crippen LogP contribution is -2.40. The molecule has 40 heavy (non-hydrogen) atoms. The standard InChI is InChI=1S/C26H24Cl2N6O5S/c1-14(15-4-5-15)31-25(35)18-11-16(27)6-7-20(18)32-26(36)23-13-22(21-12-17(8-10-29-21)40(37,38)39)33-34(23)24-19(28)3-2-9-30-24/h2-3,6-12,14-15,23H,4-5,13H2,1H3,(H,31,35)(H,32,36)(H,37,38,39). The summed E-state index contributed by atoms with van der Waals surface area (Å²) >= 11 is 12.6. The molecule has 11 nitrogen and oxygen atoms in total. The summed E-state index contributed by atoms with van der Waals surface area (Å²) in [5.41, 5.74) is 0.863. The van der Waals surface area contributed by atoms with Gasteiger partial charge in [-0.05, 0) is 68.1 Å². The summed E-state index contributed by atoms with van der Waals surface area (Å²) in [6, 6.07) is 9.10. The smallest absolute Gasteiger partial charge is 0.294 e. The van der Waals surface area contributed by atoms with E-state index in [0.717, 1.165) is 25.0 Å². The molecular weight excluding hydrogens is 579 g/mol. The molecule has 3 aromatic rings. The maximum atomic E-state index is 13.7. The third-order valence-electron chi connectivity index (χ3n) is 6.67. The van der Waals surface area contributed by atoms with Crippen molar-refractivity contribution in [2.45, 2.75) is 43.2 Å². The van der Waals surface area contributed by atoms with Gasteiger partial charge in [0.05, 0.1) is 32.6 Å². The van der Waals surface area contributed by atoms with Crippen molar-refractivity contribution < 1.29 is 22.6 Å². The molecule has 0 bridgehead atoms. The molecule has 208 valence electrons. The van der Waals surface area contributed by atoms with Crippen LogP contribution in [0.1, 0.15) is 42.2 Å². The van der Waals surface area contributed by atoms with E-state index >= 15 is 0 Å². The second-order valence-electron chi connectivity index (χ2n) is 9.55. The molecule has 0 saturated heterocycles. The summed E-state index contributed by atoms with van der Waals surface area (Å²) in [6.07, 6.45) is 4.81. The Labute approximate surface area is 240 Å². The molecule has 1 saturated carbocycles. The Bertz CT molecular complexity index is 1630. The molecule has 2 unspecified atom stereocenters. The first kappa shape index (κ1) is 28.0. The first-order chi connectivity index (χ1) is 19.0. The van der Waals surface area contributed by atoms with Gasteiger partial charge in [0.15, 0.2) is 5.82 Å². The Hall–Kier alpha value is -3.58. The molecule has 14 heteroatoms. The zero-order valence-electron chi connectivity index (χ0n) is 21.1. The van der Waals surface area contributed by atoms with Gasteiger partial charge in [0.2, 0.25) is 5.91 Å². The van der Waals surface area contributed by atoms with Gasteiger partial charge in [-0.15, -0.1) is 0 Å². The van der Waals surface area contributed by atoms with Crippen LogP contribution in [0.15, 0.2) is 64.9 Å². The third-order valence-corrected chi connectivity index (χ3v) is 8.05. The number of anilines is 2. The predicted octanol–water partition coefficient (Wildman–Crippen LogP) is 4.18. The van der Waals surface area contributed by atoms with Crippen LogP contribution in [0, 0.1) is 5.92 Å². The number of hydrazone groups is 1. The van der Waals surface area contributed by atoms with Crippen LogP contribution in [0.2, 0.25) is 10.0 Å². The van der Waals surface area contributed by atoms with Crippen LogP contribution in [0.3, 0.4) is 0 Å². The molecule has 2 amide bonds. The van der Waals surface area contributed by atoms with Crippen LogP contribution in [0.4, 0.5) is 11.5 Å². The quantitative estimate of drug-likeness (QED) is 0.324. The molecule has 1 aliphatic heterocycles. The average molecular weight is 603 g/mol. The highest BCUT2D eigenvalue weighted by molar-refractivity contribution is 7.85. The molecule has 3 heterocycles. The van der Waals surface area contributed by atoms with E-state index in [4.69, 9.17) is 23.2 Å². The number of carbonyl (C=O) groups is 2. The van der Waals surface area contributed by atoms with Crippen molar-refractivity contribution in [1.29, 1.82) is 0 Å². The van der Waals surface area contributed by atoms with E-state index in [1.807, 2.05) is 6.92 Å². The van der Waals surface area contributed by atoms with Crippen LogP contribution in [-0.4, -0.2) is 52.5 Å². The summed E-state index contributed by atoms with van der Waals surface area (Å²) in [5.74, 6) is -0.271. The van der Waals surface area contributed by atoms with E-state index in [9.17, 15) is 22.6 Å². The molecule has 0 spiro atoms. The van der Waals surface area contributed by atoms with Crippen molar-refractivity contribution >= 4 is 62.4 Å². The van der Waals surface area contributed by atoms with Gasteiger partial charge in [0, 0.05) is 29.9 Å². The van der Waals surface area contributed by atoms with E-state index in [1.54, 1.807) is 24.3 Å². The summed E-state index contributed by atoms with van der Waals surface area (Å²) in [4.78, 5) is 34.8. The highest BCUT2D eigenvalue weighted by Crippen LogP contribution is 2.34. The number of pyridine rings is 2. The number of nitrogens with zero attached hydrogens (tertiary/aromatic N) is 4. The van der Waals surface area contributed by atoms with Crippen molar-refractivity contribution in [2.75, 3.05) is 10.3 Å². The number of aromatic nitrogens is 2. The average Bonchev–Trinajstić information content (AvgIpc) is 3.68. The van der Waals surface area contributed by atoms with Crippen LogP contribution in [-0.2, 0) is 14.9 Å². The Morgan fingerprint density at radius 1 is 1.10 bits per heavy atom. The van der Waals surface area contributed by atoms with E-state index in [1.165, 1.54) is 23.5 Å². The number of benzene rings is 1. The SMILES string of the molecule is CC(NC(=O)c1cc(Cl)ccc1NC(=O)C1CC(c2cc(S(=O)(=O)O)ccn2)=NN1c1ncccc1Cl)C1CC1. The van der Waals surface area contributed by atoms with Gasteiger partial charge in [-0.3, -0.25) is 19.1 Å². The molecule has 1 aliphatic carbocycles. The zero-order valence-corrected chi connectivity index (χ0v) is 23.4. The van der Waals surface area contributed by atoms with Crippen LogP contribution in [0.5, 0.6) is 0 Å². The minimum absolute atomic E-state index is 0.00546. The Balaban J connectivity index is 1.46.